The molecule has 6 nitrogen and oxygen atoms in total. The summed E-state index contributed by atoms with van der Waals surface area (Å²) >= 11 is 1.49. The molecule has 146 valence electrons. The van der Waals surface area contributed by atoms with Crippen LogP contribution in [0, 0.1) is 0 Å². The number of hydrogen-bond acceptors (Lipinski definition) is 6. The van der Waals surface area contributed by atoms with E-state index in [0.29, 0.717) is 22.9 Å². The normalized spacial score (nSPS) is 14.6. The van der Waals surface area contributed by atoms with Crippen LogP contribution in [0.25, 0.3) is 22.4 Å². The van der Waals surface area contributed by atoms with E-state index in [4.69, 9.17) is 9.51 Å². The van der Waals surface area contributed by atoms with Gasteiger partial charge in [0.05, 0.1) is 16.7 Å². The molecule has 7 heteroatoms. The van der Waals surface area contributed by atoms with E-state index >= 15 is 0 Å². The molecule has 0 amide bonds. The maximum absolute atomic E-state index is 13.2. The minimum Gasteiger partial charge on any atom is -0.334 e. The molecule has 0 atom stereocenters. The molecule has 2 heterocycles. The lowest BCUT2D eigenvalue weighted by Gasteiger charge is -2.18. The predicted octanol–water partition coefficient (Wildman–Crippen LogP) is 4.85. The zero-order chi connectivity index (χ0) is 19.6. The molecule has 0 radical (unpaired) electrons. The van der Waals surface area contributed by atoms with E-state index in [2.05, 4.69) is 10.1 Å². The van der Waals surface area contributed by atoms with E-state index in [9.17, 15) is 4.79 Å². The number of thioether (sulfide) groups is 1. The van der Waals surface area contributed by atoms with Crippen molar-refractivity contribution in [3.05, 3.63) is 70.8 Å². The second-order valence-electron chi connectivity index (χ2n) is 7.20. The summed E-state index contributed by atoms with van der Waals surface area (Å²) in [5.74, 6) is 1.59. The number of nitrogens with zero attached hydrogens (tertiary/aromatic N) is 4. The third-order valence-corrected chi connectivity index (χ3v) is 6.23. The zero-order valence-corrected chi connectivity index (χ0v) is 16.6. The quantitative estimate of drug-likeness (QED) is 0.350. The van der Waals surface area contributed by atoms with Crippen LogP contribution in [0.2, 0.25) is 0 Å². The van der Waals surface area contributed by atoms with E-state index in [1.807, 2.05) is 59.2 Å². The average molecular weight is 404 g/mol. The van der Waals surface area contributed by atoms with Gasteiger partial charge in [0.2, 0.25) is 0 Å². The number of aromatic nitrogens is 4. The van der Waals surface area contributed by atoms with Gasteiger partial charge in [-0.2, -0.15) is 4.98 Å². The van der Waals surface area contributed by atoms with Crippen molar-refractivity contribution >= 4 is 22.7 Å². The van der Waals surface area contributed by atoms with Crippen LogP contribution in [0.5, 0.6) is 0 Å². The second kappa shape index (κ2) is 7.83. The Hall–Kier alpha value is -2.93. The van der Waals surface area contributed by atoms with Gasteiger partial charge in [0.15, 0.2) is 11.0 Å². The summed E-state index contributed by atoms with van der Waals surface area (Å²) in [5, 5.41) is 5.50. The first-order valence-corrected chi connectivity index (χ1v) is 10.8. The van der Waals surface area contributed by atoms with Crippen LogP contribution >= 0.6 is 11.8 Å². The highest BCUT2D eigenvalue weighted by Crippen LogP contribution is 2.33. The summed E-state index contributed by atoms with van der Waals surface area (Å²) in [4.78, 5) is 22.5. The average Bonchev–Trinajstić information content (AvgIpc) is 3.45. The molecule has 0 saturated heterocycles. The van der Waals surface area contributed by atoms with Crippen molar-refractivity contribution in [1.82, 2.24) is 19.7 Å². The fourth-order valence-electron chi connectivity index (χ4n) is 3.85. The topological polar surface area (TPSA) is 73.8 Å². The minimum atomic E-state index is 0.0445. The van der Waals surface area contributed by atoms with Crippen LogP contribution in [-0.2, 0) is 5.75 Å². The molecule has 1 aliphatic rings. The molecular formula is C22H20N4O2S. The van der Waals surface area contributed by atoms with Gasteiger partial charge in [-0.3, -0.25) is 9.36 Å². The van der Waals surface area contributed by atoms with Crippen molar-refractivity contribution in [2.45, 2.75) is 42.6 Å². The summed E-state index contributed by atoms with van der Waals surface area (Å²) in [6, 6.07) is 17.5. The van der Waals surface area contributed by atoms with Gasteiger partial charge in [-0.15, -0.1) is 0 Å². The van der Waals surface area contributed by atoms with Crippen LogP contribution in [-0.4, -0.2) is 19.7 Å². The summed E-state index contributed by atoms with van der Waals surface area (Å²) in [6.07, 6.45) is 4.35. The Labute approximate surface area is 172 Å². The van der Waals surface area contributed by atoms with E-state index < -0.39 is 0 Å². The maximum Gasteiger partial charge on any atom is 0.262 e. The van der Waals surface area contributed by atoms with Gasteiger partial charge in [-0.25, -0.2) is 4.98 Å². The van der Waals surface area contributed by atoms with E-state index in [1.165, 1.54) is 11.8 Å². The lowest BCUT2D eigenvalue weighted by atomic mass is 10.2. The minimum absolute atomic E-state index is 0.0445. The maximum atomic E-state index is 13.2. The molecule has 0 spiro atoms. The summed E-state index contributed by atoms with van der Waals surface area (Å²) in [6.45, 7) is 0. The fraction of sp³-hybridized carbons (Fsp3) is 0.273. The SMILES string of the molecule is O=c1c2ccccc2nc(SCc2noc(-c3ccccc3)n2)n1C1CCCC1. The Balaban J connectivity index is 1.46. The van der Waals surface area contributed by atoms with Crippen LogP contribution in [0.4, 0.5) is 0 Å². The van der Waals surface area contributed by atoms with Gasteiger partial charge in [0.1, 0.15) is 0 Å². The number of para-hydroxylation sites is 1. The van der Waals surface area contributed by atoms with Crippen molar-refractivity contribution in [2.75, 3.05) is 0 Å². The van der Waals surface area contributed by atoms with Crippen molar-refractivity contribution in [2.24, 2.45) is 0 Å². The van der Waals surface area contributed by atoms with Crippen LogP contribution in [0.1, 0.15) is 37.5 Å². The molecule has 1 fully saturated rings. The monoisotopic (exact) mass is 404 g/mol. The lowest BCUT2D eigenvalue weighted by Crippen LogP contribution is -2.26. The van der Waals surface area contributed by atoms with Crippen molar-refractivity contribution < 1.29 is 4.52 Å². The largest absolute Gasteiger partial charge is 0.334 e. The van der Waals surface area contributed by atoms with Gasteiger partial charge >= 0.3 is 0 Å². The highest BCUT2D eigenvalue weighted by atomic mass is 32.2. The molecule has 1 saturated carbocycles. The smallest absolute Gasteiger partial charge is 0.262 e. The number of fused-ring (bicyclic) bond motifs is 1. The van der Waals surface area contributed by atoms with Gasteiger partial charge in [-0.1, -0.05) is 60.1 Å². The molecular weight excluding hydrogens is 384 g/mol. The second-order valence-corrected chi connectivity index (χ2v) is 8.14. The highest BCUT2D eigenvalue weighted by molar-refractivity contribution is 7.98. The molecule has 2 aromatic carbocycles. The third-order valence-electron chi connectivity index (χ3n) is 5.28. The first-order valence-electron chi connectivity index (χ1n) is 9.82. The van der Waals surface area contributed by atoms with Crippen molar-refractivity contribution in [3.63, 3.8) is 0 Å². The Bertz CT molecular complexity index is 1200. The Morgan fingerprint density at radius 3 is 2.59 bits per heavy atom. The summed E-state index contributed by atoms with van der Waals surface area (Å²) in [5.41, 5.74) is 1.67. The van der Waals surface area contributed by atoms with Crippen molar-refractivity contribution in [1.29, 1.82) is 0 Å². The van der Waals surface area contributed by atoms with Crippen LogP contribution in [0.15, 0.2) is 69.1 Å². The Morgan fingerprint density at radius 2 is 1.76 bits per heavy atom. The molecule has 0 unspecified atom stereocenters. The number of benzene rings is 2. The Morgan fingerprint density at radius 1 is 1.00 bits per heavy atom. The van der Waals surface area contributed by atoms with E-state index in [1.54, 1.807) is 0 Å². The van der Waals surface area contributed by atoms with Gasteiger partial charge in [0, 0.05) is 11.6 Å². The number of rotatable bonds is 5. The van der Waals surface area contributed by atoms with Crippen molar-refractivity contribution in [3.8, 4) is 11.5 Å². The van der Waals surface area contributed by atoms with Gasteiger partial charge in [-0.05, 0) is 37.1 Å². The lowest BCUT2D eigenvalue weighted by molar-refractivity contribution is 0.425. The summed E-state index contributed by atoms with van der Waals surface area (Å²) in [7, 11) is 0. The van der Waals surface area contributed by atoms with Crippen LogP contribution < -0.4 is 5.56 Å². The summed E-state index contributed by atoms with van der Waals surface area (Å²) < 4.78 is 7.29. The highest BCUT2D eigenvalue weighted by Gasteiger charge is 2.23. The molecule has 0 aliphatic heterocycles. The molecule has 4 aromatic rings. The fourth-order valence-corrected chi connectivity index (χ4v) is 4.76. The van der Waals surface area contributed by atoms with E-state index in [0.717, 1.165) is 41.9 Å². The molecule has 1 aliphatic carbocycles. The molecule has 0 N–H and O–H groups in total. The van der Waals surface area contributed by atoms with E-state index in [-0.39, 0.29) is 11.6 Å². The molecule has 29 heavy (non-hydrogen) atoms. The third kappa shape index (κ3) is 3.58. The Kier molecular flexibility index (Phi) is 4.89. The zero-order valence-electron chi connectivity index (χ0n) is 15.8. The first-order chi connectivity index (χ1) is 14.3. The first kappa shape index (κ1) is 18.1. The van der Waals surface area contributed by atoms with Gasteiger partial charge in [0.25, 0.3) is 11.4 Å². The molecule has 0 bridgehead atoms. The van der Waals surface area contributed by atoms with Crippen LogP contribution in [0.3, 0.4) is 0 Å². The number of hydrogen-bond donors (Lipinski definition) is 0. The molecule has 5 rings (SSSR count). The standard InChI is InChI=1S/C22H20N4O2S/c27-21-17-12-6-7-13-18(17)23-22(26(21)16-10-4-5-11-16)29-14-19-24-20(28-25-19)15-8-2-1-3-9-15/h1-3,6-9,12-13,16H,4-5,10-11,14H2. The predicted molar refractivity (Wildman–Crippen MR) is 113 cm³/mol. The van der Waals surface area contributed by atoms with Gasteiger partial charge < -0.3 is 4.52 Å². The molecule has 2 aromatic heterocycles.